The van der Waals surface area contributed by atoms with Gasteiger partial charge in [0.1, 0.15) is 11.5 Å². The molecule has 0 fully saturated rings. The largest absolute Gasteiger partial charge is 0.496 e. The number of imide groups is 1. The molecular weight excluding hydrogens is 392 g/mol. The van der Waals surface area contributed by atoms with Gasteiger partial charge < -0.3 is 19.5 Å². The average Bonchev–Trinajstić information content (AvgIpc) is 2.77. The lowest BCUT2D eigenvalue weighted by Crippen LogP contribution is -2.34. The molecule has 0 heterocycles. The third-order valence-corrected chi connectivity index (χ3v) is 3.94. The number of carbonyl (C=O) groups excluding carboxylic acids is 4. The molecule has 0 bridgehead atoms. The number of hydrogen-bond donors (Lipinski definition) is 2. The SMILES string of the molecule is COc1ccccc1C(=O)NCCC(=O)OCC(=O)NC(=O)c1ccccc1OC. The van der Waals surface area contributed by atoms with E-state index in [0.29, 0.717) is 17.1 Å². The van der Waals surface area contributed by atoms with Crippen LogP contribution >= 0.6 is 0 Å². The molecule has 2 rings (SSSR count). The number of para-hydroxylation sites is 2. The third kappa shape index (κ3) is 6.33. The quantitative estimate of drug-likeness (QED) is 0.594. The summed E-state index contributed by atoms with van der Waals surface area (Å²) in [6.45, 7) is -0.613. The Kier molecular flexibility index (Phi) is 8.37. The van der Waals surface area contributed by atoms with Crippen LogP contribution in [0.1, 0.15) is 27.1 Å². The summed E-state index contributed by atoms with van der Waals surface area (Å²) < 4.78 is 15.0. The molecule has 2 aromatic rings. The fourth-order valence-electron chi connectivity index (χ4n) is 2.49. The molecule has 9 nitrogen and oxygen atoms in total. The van der Waals surface area contributed by atoms with Crippen LogP contribution < -0.4 is 20.1 Å². The second kappa shape index (κ2) is 11.2. The second-order valence-corrected chi connectivity index (χ2v) is 5.94. The first-order chi connectivity index (χ1) is 14.5. The van der Waals surface area contributed by atoms with Gasteiger partial charge in [-0.2, -0.15) is 0 Å². The average molecular weight is 414 g/mol. The molecule has 0 aliphatic carbocycles. The highest BCUT2D eigenvalue weighted by Crippen LogP contribution is 2.17. The van der Waals surface area contributed by atoms with Crippen LogP contribution in [0.5, 0.6) is 11.5 Å². The van der Waals surface area contributed by atoms with Crippen molar-refractivity contribution in [2.75, 3.05) is 27.4 Å². The fourth-order valence-corrected chi connectivity index (χ4v) is 2.49. The van der Waals surface area contributed by atoms with E-state index in [4.69, 9.17) is 14.2 Å². The highest BCUT2D eigenvalue weighted by Gasteiger charge is 2.16. The number of amides is 3. The summed E-state index contributed by atoms with van der Waals surface area (Å²) in [5.74, 6) is -1.83. The van der Waals surface area contributed by atoms with Crippen LogP contribution in [0, 0.1) is 0 Å². The van der Waals surface area contributed by atoms with Crippen molar-refractivity contribution in [1.29, 1.82) is 0 Å². The zero-order valence-electron chi connectivity index (χ0n) is 16.6. The van der Waals surface area contributed by atoms with E-state index < -0.39 is 30.3 Å². The minimum absolute atomic E-state index is 0.0114. The van der Waals surface area contributed by atoms with Crippen molar-refractivity contribution < 1.29 is 33.4 Å². The third-order valence-electron chi connectivity index (χ3n) is 3.94. The van der Waals surface area contributed by atoms with Gasteiger partial charge in [0.2, 0.25) is 0 Å². The maximum Gasteiger partial charge on any atom is 0.308 e. The summed E-state index contributed by atoms with van der Waals surface area (Å²) in [6.07, 6.45) is -0.144. The highest BCUT2D eigenvalue weighted by molar-refractivity contribution is 6.06. The summed E-state index contributed by atoms with van der Waals surface area (Å²) in [4.78, 5) is 47.8. The molecule has 0 aliphatic rings. The van der Waals surface area contributed by atoms with E-state index in [2.05, 4.69) is 10.6 Å². The minimum atomic E-state index is -0.780. The van der Waals surface area contributed by atoms with Gasteiger partial charge in [-0.1, -0.05) is 24.3 Å². The lowest BCUT2D eigenvalue weighted by molar-refractivity contribution is -0.148. The van der Waals surface area contributed by atoms with Crippen LogP contribution in [0.3, 0.4) is 0 Å². The number of rotatable bonds is 9. The number of methoxy groups -OCH3 is 2. The molecule has 158 valence electrons. The van der Waals surface area contributed by atoms with E-state index >= 15 is 0 Å². The molecule has 30 heavy (non-hydrogen) atoms. The number of nitrogens with one attached hydrogen (secondary N) is 2. The van der Waals surface area contributed by atoms with E-state index in [1.807, 2.05) is 0 Å². The Morgan fingerprint density at radius 1 is 0.800 bits per heavy atom. The molecule has 0 radical (unpaired) electrons. The topological polar surface area (TPSA) is 120 Å². The molecule has 0 aromatic heterocycles. The number of carbonyl (C=O) groups is 4. The molecule has 3 amide bonds. The predicted octanol–water partition coefficient (Wildman–Crippen LogP) is 1.32. The molecule has 0 aliphatic heterocycles. The van der Waals surface area contributed by atoms with Crippen molar-refractivity contribution in [2.24, 2.45) is 0 Å². The number of benzene rings is 2. The van der Waals surface area contributed by atoms with Crippen LogP contribution in [0.2, 0.25) is 0 Å². The van der Waals surface area contributed by atoms with Crippen molar-refractivity contribution >= 4 is 23.7 Å². The Morgan fingerprint density at radius 3 is 1.90 bits per heavy atom. The smallest absolute Gasteiger partial charge is 0.308 e. The second-order valence-electron chi connectivity index (χ2n) is 5.94. The van der Waals surface area contributed by atoms with Gasteiger partial charge in [-0.3, -0.25) is 24.5 Å². The summed E-state index contributed by atoms with van der Waals surface area (Å²) in [5.41, 5.74) is 0.515. The van der Waals surface area contributed by atoms with Crippen molar-refractivity contribution in [1.82, 2.24) is 10.6 Å². The molecule has 2 N–H and O–H groups in total. The van der Waals surface area contributed by atoms with Gasteiger partial charge in [-0.15, -0.1) is 0 Å². The van der Waals surface area contributed by atoms with Gasteiger partial charge in [0.25, 0.3) is 17.7 Å². The van der Waals surface area contributed by atoms with Crippen LogP contribution in [0.15, 0.2) is 48.5 Å². The molecule has 0 atom stereocenters. The van der Waals surface area contributed by atoms with Gasteiger partial charge >= 0.3 is 5.97 Å². The maximum atomic E-state index is 12.1. The molecule has 0 spiro atoms. The number of hydrogen-bond acceptors (Lipinski definition) is 7. The zero-order valence-corrected chi connectivity index (χ0v) is 16.6. The van der Waals surface area contributed by atoms with E-state index in [-0.39, 0.29) is 18.5 Å². The van der Waals surface area contributed by atoms with E-state index in [9.17, 15) is 19.2 Å². The summed E-state index contributed by atoms with van der Waals surface area (Å²) in [5, 5.41) is 4.69. The van der Waals surface area contributed by atoms with E-state index in [1.165, 1.54) is 20.3 Å². The van der Waals surface area contributed by atoms with Crippen LogP contribution in [-0.4, -0.2) is 51.1 Å². The van der Waals surface area contributed by atoms with Crippen molar-refractivity contribution in [3.05, 3.63) is 59.7 Å². The van der Waals surface area contributed by atoms with Crippen LogP contribution in [0.25, 0.3) is 0 Å². The first-order valence-electron chi connectivity index (χ1n) is 9.00. The van der Waals surface area contributed by atoms with Gasteiger partial charge in [-0.25, -0.2) is 0 Å². The van der Waals surface area contributed by atoms with E-state index in [0.717, 1.165) is 0 Å². The molecule has 0 saturated heterocycles. The number of esters is 1. The van der Waals surface area contributed by atoms with Crippen molar-refractivity contribution in [3.8, 4) is 11.5 Å². The molecule has 2 aromatic carbocycles. The van der Waals surface area contributed by atoms with Gasteiger partial charge in [0.05, 0.1) is 31.8 Å². The summed E-state index contributed by atoms with van der Waals surface area (Å²) in [6, 6.07) is 13.1. The van der Waals surface area contributed by atoms with Crippen LogP contribution in [-0.2, 0) is 14.3 Å². The lowest BCUT2D eigenvalue weighted by atomic mass is 10.2. The molecular formula is C21H22N2O7. The number of ether oxygens (including phenoxy) is 3. The molecule has 9 heteroatoms. The van der Waals surface area contributed by atoms with Gasteiger partial charge in [0, 0.05) is 6.54 Å². The Morgan fingerprint density at radius 2 is 1.33 bits per heavy atom. The maximum absolute atomic E-state index is 12.1. The Bertz CT molecular complexity index is 927. The van der Waals surface area contributed by atoms with Gasteiger partial charge in [0.15, 0.2) is 6.61 Å². The summed E-state index contributed by atoms with van der Waals surface area (Å²) >= 11 is 0. The Labute approximate surface area is 173 Å². The Hall–Kier alpha value is -3.88. The predicted molar refractivity (Wildman–Crippen MR) is 106 cm³/mol. The standard InChI is InChI=1S/C21H22N2O7/c1-28-16-9-5-3-7-14(16)20(26)22-12-11-19(25)30-13-18(24)23-21(27)15-8-4-6-10-17(15)29-2/h3-10H,11-13H2,1-2H3,(H,22,26)(H,23,24,27). The first kappa shape index (κ1) is 22.4. The van der Waals surface area contributed by atoms with Crippen molar-refractivity contribution in [2.45, 2.75) is 6.42 Å². The highest BCUT2D eigenvalue weighted by atomic mass is 16.5. The fraction of sp³-hybridized carbons (Fsp3) is 0.238. The first-order valence-corrected chi connectivity index (χ1v) is 9.00. The molecule has 0 unspecified atom stereocenters. The Balaban J connectivity index is 1.73. The van der Waals surface area contributed by atoms with E-state index in [1.54, 1.807) is 42.5 Å². The van der Waals surface area contributed by atoms with Gasteiger partial charge in [-0.05, 0) is 24.3 Å². The molecule has 0 saturated carbocycles. The zero-order chi connectivity index (χ0) is 21.9. The normalized spacial score (nSPS) is 9.93. The summed E-state index contributed by atoms with van der Waals surface area (Å²) in [7, 11) is 2.86. The monoisotopic (exact) mass is 414 g/mol. The lowest BCUT2D eigenvalue weighted by Gasteiger charge is -2.10. The minimum Gasteiger partial charge on any atom is -0.496 e. The van der Waals surface area contributed by atoms with Crippen molar-refractivity contribution in [3.63, 3.8) is 0 Å². The van der Waals surface area contributed by atoms with Crippen LogP contribution in [0.4, 0.5) is 0 Å².